The number of halogens is 1. The Kier molecular flexibility index (Phi) is 7.12. The van der Waals surface area contributed by atoms with Crippen LogP contribution in [0.2, 0.25) is 5.02 Å². The maximum absolute atomic E-state index is 12.6. The summed E-state index contributed by atoms with van der Waals surface area (Å²) in [6, 6.07) is 9.00. The molecule has 0 aliphatic carbocycles. The Morgan fingerprint density at radius 1 is 1.21 bits per heavy atom. The van der Waals surface area contributed by atoms with Crippen LogP contribution in [0.5, 0.6) is 0 Å². The van der Waals surface area contributed by atoms with Gasteiger partial charge < -0.3 is 15.5 Å². The number of pyridine rings is 1. The van der Waals surface area contributed by atoms with Crippen molar-refractivity contribution < 1.29 is 9.63 Å². The molecule has 0 radical (unpaired) electrons. The van der Waals surface area contributed by atoms with E-state index in [0.717, 1.165) is 37.3 Å². The topological polar surface area (TPSA) is 98.4 Å². The van der Waals surface area contributed by atoms with Crippen molar-refractivity contribution in [2.45, 2.75) is 18.8 Å². The van der Waals surface area contributed by atoms with Gasteiger partial charge in [-0.05, 0) is 45.1 Å². The molecule has 3 aromatic rings. The van der Waals surface area contributed by atoms with E-state index in [2.05, 4.69) is 37.8 Å². The summed E-state index contributed by atoms with van der Waals surface area (Å²) in [6.45, 7) is 2.11. The summed E-state index contributed by atoms with van der Waals surface area (Å²) in [5.74, 6) is 0.746. The van der Waals surface area contributed by atoms with Crippen molar-refractivity contribution in [1.29, 1.82) is 0 Å². The molecule has 9 nitrogen and oxygen atoms in total. The Balaban J connectivity index is 1.55. The van der Waals surface area contributed by atoms with Crippen LogP contribution in [0.1, 0.15) is 34.8 Å². The van der Waals surface area contributed by atoms with Crippen LogP contribution >= 0.6 is 11.6 Å². The minimum atomic E-state index is -0.273. The fourth-order valence-electron chi connectivity index (χ4n) is 3.91. The fourth-order valence-corrected chi connectivity index (χ4v) is 4.06. The van der Waals surface area contributed by atoms with E-state index in [1.54, 1.807) is 25.4 Å². The van der Waals surface area contributed by atoms with Crippen molar-refractivity contribution in [3.8, 4) is 0 Å². The van der Waals surface area contributed by atoms with E-state index in [1.165, 1.54) is 12.2 Å². The Bertz CT molecular complexity index is 1110. The zero-order valence-electron chi connectivity index (χ0n) is 18.9. The minimum absolute atomic E-state index is 0.273. The van der Waals surface area contributed by atoms with Gasteiger partial charge in [0.05, 0.1) is 46.6 Å². The van der Waals surface area contributed by atoms with Gasteiger partial charge in [0.25, 0.3) is 5.91 Å². The van der Waals surface area contributed by atoms with E-state index in [4.69, 9.17) is 16.4 Å². The van der Waals surface area contributed by atoms with E-state index in [1.807, 2.05) is 24.4 Å². The molecule has 1 aliphatic heterocycles. The van der Waals surface area contributed by atoms with Gasteiger partial charge in [0.1, 0.15) is 5.82 Å². The first-order valence-corrected chi connectivity index (χ1v) is 11.2. The quantitative estimate of drug-likeness (QED) is 0.441. The minimum Gasteiger partial charge on any atom is -0.353 e. The lowest BCUT2D eigenvalue weighted by atomic mass is 9.93. The van der Waals surface area contributed by atoms with Crippen LogP contribution in [0.15, 0.2) is 42.7 Å². The second-order valence-corrected chi connectivity index (χ2v) is 8.50. The van der Waals surface area contributed by atoms with Gasteiger partial charge in [0.15, 0.2) is 0 Å². The van der Waals surface area contributed by atoms with Crippen molar-refractivity contribution in [2.75, 3.05) is 44.9 Å². The molecule has 1 fully saturated rings. The van der Waals surface area contributed by atoms with E-state index in [-0.39, 0.29) is 5.91 Å². The molecule has 174 valence electrons. The number of likely N-dealkylation sites (tertiary alicyclic amines) is 1. The van der Waals surface area contributed by atoms with Gasteiger partial charge >= 0.3 is 0 Å². The third kappa shape index (κ3) is 5.27. The lowest BCUT2D eigenvalue weighted by Crippen LogP contribution is -2.29. The van der Waals surface area contributed by atoms with Crippen molar-refractivity contribution in [1.82, 2.24) is 25.1 Å². The zero-order chi connectivity index (χ0) is 23.4. The molecule has 1 amide bonds. The highest BCUT2D eigenvalue weighted by atomic mass is 35.5. The number of aromatic nitrogens is 3. The monoisotopic (exact) mass is 469 g/mol. The maximum atomic E-state index is 12.6. The number of para-hydroxylation sites is 1. The Morgan fingerprint density at radius 2 is 1.97 bits per heavy atom. The first-order chi connectivity index (χ1) is 16.0. The lowest BCUT2D eigenvalue weighted by Gasteiger charge is -2.28. The number of aromatic amines is 1. The number of nitrogens with one attached hydrogen (secondary N) is 3. The molecule has 33 heavy (non-hydrogen) atoms. The number of hydrogen-bond acceptors (Lipinski definition) is 7. The summed E-state index contributed by atoms with van der Waals surface area (Å²) < 4.78 is 0. The highest BCUT2D eigenvalue weighted by Crippen LogP contribution is 2.34. The predicted molar refractivity (Wildman–Crippen MR) is 129 cm³/mol. The number of carbonyl (C=O) groups is 1. The molecule has 1 aromatic carbocycles. The number of hydroxylamine groups is 2. The average Bonchev–Trinajstić information content (AvgIpc) is 3.29. The van der Waals surface area contributed by atoms with Gasteiger partial charge in [0, 0.05) is 25.2 Å². The Morgan fingerprint density at radius 3 is 2.73 bits per heavy atom. The highest BCUT2D eigenvalue weighted by Gasteiger charge is 2.23. The second-order valence-electron chi connectivity index (χ2n) is 8.09. The number of benzene rings is 1. The SMILES string of the molecule is CON(C)C(=O)c1ccccc1Nc1cc(Nc2c[nH]nc2C2CCN(C)CC2)ncc1Cl. The summed E-state index contributed by atoms with van der Waals surface area (Å²) in [5, 5.41) is 15.7. The number of anilines is 4. The third-order valence-electron chi connectivity index (χ3n) is 5.88. The number of amides is 1. The molecule has 3 N–H and O–H groups in total. The highest BCUT2D eigenvalue weighted by molar-refractivity contribution is 6.33. The number of H-pyrrole nitrogens is 1. The zero-order valence-corrected chi connectivity index (χ0v) is 19.7. The van der Waals surface area contributed by atoms with Crippen molar-refractivity contribution >= 4 is 40.4 Å². The Hall–Kier alpha value is -3.14. The standard InChI is InChI=1S/C23H28ClN7O2/c1-30-10-8-15(9-11-30)22-20(14-26-29-22)28-21-12-19(17(24)13-25-21)27-18-7-5-4-6-16(18)23(32)31(2)33-3/h4-7,12-15H,8-11H2,1-3H3,(H,26,29)(H2,25,27,28). The molecule has 0 atom stereocenters. The molecule has 10 heteroatoms. The van der Waals surface area contributed by atoms with Crippen LogP contribution in [0.4, 0.5) is 22.9 Å². The Labute approximate surface area is 198 Å². The van der Waals surface area contributed by atoms with Gasteiger partial charge in [-0.25, -0.2) is 10.0 Å². The molecule has 3 heterocycles. The van der Waals surface area contributed by atoms with Crippen molar-refractivity contribution in [3.63, 3.8) is 0 Å². The predicted octanol–water partition coefficient (Wildman–Crippen LogP) is 4.39. The average molecular weight is 470 g/mol. The van der Waals surface area contributed by atoms with Gasteiger partial charge in [-0.2, -0.15) is 5.10 Å². The second kappa shape index (κ2) is 10.2. The van der Waals surface area contributed by atoms with Gasteiger partial charge in [-0.1, -0.05) is 23.7 Å². The molecule has 4 rings (SSSR count). The summed E-state index contributed by atoms with van der Waals surface area (Å²) >= 11 is 6.42. The van der Waals surface area contributed by atoms with E-state index in [9.17, 15) is 4.79 Å². The lowest BCUT2D eigenvalue weighted by molar-refractivity contribution is -0.0756. The van der Waals surface area contributed by atoms with Crippen LogP contribution in [0, 0.1) is 0 Å². The largest absolute Gasteiger partial charge is 0.353 e. The number of rotatable bonds is 7. The molecule has 0 unspecified atom stereocenters. The summed E-state index contributed by atoms with van der Waals surface area (Å²) in [6.07, 6.45) is 5.56. The molecular formula is C23H28ClN7O2. The van der Waals surface area contributed by atoms with E-state index < -0.39 is 0 Å². The van der Waals surface area contributed by atoms with Crippen LogP contribution in [-0.4, -0.2) is 65.3 Å². The van der Waals surface area contributed by atoms with Crippen molar-refractivity contribution in [3.05, 3.63) is 59.0 Å². The number of carbonyl (C=O) groups excluding carboxylic acids is 1. The van der Waals surface area contributed by atoms with Crippen LogP contribution in [-0.2, 0) is 4.84 Å². The molecule has 1 aliphatic rings. The number of nitrogens with zero attached hydrogens (tertiary/aromatic N) is 4. The van der Waals surface area contributed by atoms with E-state index in [0.29, 0.717) is 33.7 Å². The molecule has 1 saturated heterocycles. The number of hydrogen-bond donors (Lipinski definition) is 3. The number of piperidine rings is 1. The molecular weight excluding hydrogens is 442 g/mol. The first kappa shape index (κ1) is 23.0. The summed E-state index contributed by atoms with van der Waals surface area (Å²) in [7, 11) is 5.15. The maximum Gasteiger partial charge on any atom is 0.279 e. The van der Waals surface area contributed by atoms with Crippen LogP contribution in [0.25, 0.3) is 0 Å². The normalized spacial score (nSPS) is 14.8. The third-order valence-corrected chi connectivity index (χ3v) is 6.18. The fraction of sp³-hybridized carbons (Fsp3) is 0.348. The molecule has 0 saturated carbocycles. The summed E-state index contributed by atoms with van der Waals surface area (Å²) in [5.41, 5.74) is 3.62. The molecule has 2 aromatic heterocycles. The van der Waals surface area contributed by atoms with Gasteiger partial charge in [-0.15, -0.1) is 0 Å². The summed E-state index contributed by atoms with van der Waals surface area (Å²) in [4.78, 5) is 24.4. The van der Waals surface area contributed by atoms with Gasteiger partial charge in [-0.3, -0.25) is 14.7 Å². The first-order valence-electron chi connectivity index (χ1n) is 10.8. The van der Waals surface area contributed by atoms with Crippen LogP contribution < -0.4 is 10.6 Å². The smallest absolute Gasteiger partial charge is 0.279 e. The molecule has 0 spiro atoms. The van der Waals surface area contributed by atoms with Crippen LogP contribution in [0.3, 0.4) is 0 Å². The van der Waals surface area contributed by atoms with Crippen molar-refractivity contribution in [2.24, 2.45) is 0 Å². The molecule has 0 bridgehead atoms. The van der Waals surface area contributed by atoms with Gasteiger partial charge in [0.2, 0.25) is 0 Å². The van der Waals surface area contributed by atoms with E-state index >= 15 is 0 Å².